The summed E-state index contributed by atoms with van der Waals surface area (Å²) in [4.78, 5) is 0. The molecule has 2 aromatic rings. The highest BCUT2D eigenvalue weighted by Crippen LogP contribution is 2.32. The van der Waals surface area contributed by atoms with Gasteiger partial charge in [-0.05, 0) is 18.1 Å². The Morgan fingerprint density at radius 2 is 1.21 bits per heavy atom. The predicted octanol–water partition coefficient (Wildman–Crippen LogP) is 3.40. The first-order valence-electron chi connectivity index (χ1n) is 6.57. The lowest BCUT2D eigenvalue weighted by Gasteiger charge is -2.24. The molecule has 3 unspecified atom stereocenters. The topological polar surface area (TPSA) is 40.5 Å². The average Bonchev–Trinajstić information content (AvgIpc) is 2.46. The van der Waals surface area contributed by atoms with Gasteiger partial charge in [-0.3, -0.25) is 0 Å². The van der Waals surface area contributed by atoms with Gasteiger partial charge in [0.2, 0.25) is 0 Å². The van der Waals surface area contributed by atoms with Crippen molar-refractivity contribution < 1.29 is 10.2 Å². The van der Waals surface area contributed by atoms with Crippen LogP contribution < -0.4 is 0 Å². The second kappa shape index (κ2) is 6.00. The van der Waals surface area contributed by atoms with Gasteiger partial charge < -0.3 is 10.2 Å². The van der Waals surface area contributed by atoms with Gasteiger partial charge in [0, 0.05) is 5.92 Å². The highest BCUT2D eigenvalue weighted by molar-refractivity contribution is 5.25. The molecule has 0 saturated carbocycles. The van der Waals surface area contributed by atoms with E-state index in [2.05, 4.69) is 0 Å². The monoisotopic (exact) mass is 256 g/mol. The molecule has 2 rings (SSSR count). The van der Waals surface area contributed by atoms with Crippen LogP contribution in [-0.2, 0) is 0 Å². The summed E-state index contributed by atoms with van der Waals surface area (Å²) in [6.07, 6.45) is -1.34. The van der Waals surface area contributed by atoms with Crippen LogP contribution in [0.4, 0.5) is 0 Å². The highest BCUT2D eigenvalue weighted by Gasteiger charge is 2.24. The molecule has 0 radical (unpaired) electrons. The van der Waals surface area contributed by atoms with E-state index in [1.807, 2.05) is 68.4 Å². The number of benzene rings is 2. The Morgan fingerprint density at radius 3 is 1.74 bits per heavy atom. The lowest BCUT2D eigenvalue weighted by molar-refractivity contribution is 0.0199. The summed E-state index contributed by atoms with van der Waals surface area (Å²) < 4.78 is 0. The molecular formula is C17H20O2. The molecule has 3 atom stereocenters. The van der Waals surface area contributed by atoms with Crippen LogP contribution in [0.3, 0.4) is 0 Å². The zero-order valence-corrected chi connectivity index (χ0v) is 11.3. The first-order chi connectivity index (χ1) is 9.09. The summed E-state index contributed by atoms with van der Waals surface area (Å²) in [6, 6.07) is 17.2. The number of aliphatic hydroxyl groups excluding tert-OH is 2. The molecule has 0 fully saturated rings. The van der Waals surface area contributed by atoms with E-state index < -0.39 is 12.2 Å². The minimum atomic E-state index is -0.671. The second-order valence-corrected chi connectivity index (χ2v) is 5.07. The SMILES string of the molecule is Cc1ccc(C(O)C(C)C(O)c2ccccc2)cc1. The molecule has 2 aromatic carbocycles. The zero-order valence-electron chi connectivity index (χ0n) is 11.3. The van der Waals surface area contributed by atoms with Crippen molar-refractivity contribution in [1.29, 1.82) is 0 Å². The van der Waals surface area contributed by atoms with E-state index in [4.69, 9.17) is 0 Å². The van der Waals surface area contributed by atoms with Crippen molar-refractivity contribution in [2.24, 2.45) is 5.92 Å². The summed E-state index contributed by atoms with van der Waals surface area (Å²) in [5.74, 6) is -0.259. The van der Waals surface area contributed by atoms with Crippen molar-refractivity contribution >= 4 is 0 Å². The van der Waals surface area contributed by atoms with Crippen LogP contribution in [0, 0.1) is 12.8 Å². The fraction of sp³-hybridized carbons (Fsp3) is 0.294. The normalized spacial score (nSPS) is 15.8. The van der Waals surface area contributed by atoms with Crippen molar-refractivity contribution in [3.63, 3.8) is 0 Å². The summed E-state index contributed by atoms with van der Waals surface area (Å²) in [5.41, 5.74) is 2.83. The van der Waals surface area contributed by atoms with Gasteiger partial charge in [0.25, 0.3) is 0 Å². The smallest absolute Gasteiger partial charge is 0.0843 e. The molecule has 0 aliphatic carbocycles. The van der Waals surface area contributed by atoms with Gasteiger partial charge >= 0.3 is 0 Å². The molecule has 2 N–H and O–H groups in total. The van der Waals surface area contributed by atoms with Crippen molar-refractivity contribution in [3.8, 4) is 0 Å². The summed E-state index contributed by atoms with van der Waals surface area (Å²) >= 11 is 0. The zero-order chi connectivity index (χ0) is 13.8. The van der Waals surface area contributed by atoms with Crippen LogP contribution in [0.5, 0.6) is 0 Å². The molecular weight excluding hydrogens is 236 g/mol. The first-order valence-corrected chi connectivity index (χ1v) is 6.57. The Bertz CT molecular complexity index is 505. The lowest BCUT2D eigenvalue weighted by atomic mass is 9.88. The van der Waals surface area contributed by atoms with Crippen LogP contribution in [0.25, 0.3) is 0 Å². The standard InChI is InChI=1S/C17H20O2/c1-12-8-10-15(11-9-12)17(19)13(2)16(18)14-6-4-3-5-7-14/h3-11,13,16-19H,1-2H3. The quantitative estimate of drug-likeness (QED) is 0.880. The Labute approximate surface area is 114 Å². The third-order valence-electron chi connectivity index (χ3n) is 3.56. The fourth-order valence-corrected chi connectivity index (χ4v) is 2.19. The van der Waals surface area contributed by atoms with Crippen LogP contribution >= 0.6 is 0 Å². The van der Waals surface area contributed by atoms with E-state index in [1.165, 1.54) is 0 Å². The van der Waals surface area contributed by atoms with Crippen molar-refractivity contribution in [1.82, 2.24) is 0 Å². The summed E-state index contributed by atoms with van der Waals surface area (Å²) in [7, 11) is 0. The van der Waals surface area contributed by atoms with Crippen molar-refractivity contribution in [2.45, 2.75) is 26.1 Å². The second-order valence-electron chi connectivity index (χ2n) is 5.07. The minimum Gasteiger partial charge on any atom is -0.388 e. The highest BCUT2D eigenvalue weighted by atomic mass is 16.3. The maximum absolute atomic E-state index is 10.4. The molecule has 0 aromatic heterocycles. The molecule has 0 amide bonds. The van der Waals surface area contributed by atoms with E-state index in [9.17, 15) is 10.2 Å². The van der Waals surface area contributed by atoms with E-state index in [1.54, 1.807) is 0 Å². The van der Waals surface area contributed by atoms with E-state index in [0.29, 0.717) is 0 Å². The predicted molar refractivity (Wildman–Crippen MR) is 76.7 cm³/mol. The van der Waals surface area contributed by atoms with Gasteiger partial charge in [-0.15, -0.1) is 0 Å². The van der Waals surface area contributed by atoms with Gasteiger partial charge in [0.05, 0.1) is 12.2 Å². The summed E-state index contributed by atoms with van der Waals surface area (Å²) in [6.45, 7) is 3.88. The largest absolute Gasteiger partial charge is 0.388 e. The van der Waals surface area contributed by atoms with Gasteiger partial charge in [0.15, 0.2) is 0 Å². The van der Waals surface area contributed by atoms with Gasteiger partial charge in [0.1, 0.15) is 0 Å². The molecule has 19 heavy (non-hydrogen) atoms. The molecule has 0 heterocycles. The molecule has 100 valence electrons. The third-order valence-corrected chi connectivity index (χ3v) is 3.56. The maximum atomic E-state index is 10.4. The van der Waals surface area contributed by atoms with Crippen LogP contribution in [0.1, 0.15) is 35.8 Å². The molecule has 0 spiro atoms. The minimum absolute atomic E-state index is 0.259. The molecule has 0 bridgehead atoms. The number of hydrogen-bond acceptors (Lipinski definition) is 2. The first kappa shape index (κ1) is 13.8. The van der Waals surface area contributed by atoms with E-state index >= 15 is 0 Å². The van der Waals surface area contributed by atoms with Crippen LogP contribution in [-0.4, -0.2) is 10.2 Å². The molecule has 2 nitrogen and oxygen atoms in total. The lowest BCUT2D eigenvalue weighted by Crippen LogP contribution is -2.17. The van der Waals surface area contributed by atoms with Crippen molar-refractivity contribution in [3.05, 3.63) is 71.3 Å². The number of hydrogen-bond donors (Lipinski definition) is 2. The van der Waals surface area contributed by atoms with Crippen LogP contribution in [0.15, 0.2) is 54.6 Å². The fourth-order valence-electron chi connectivity index (χ4n) is 2.19. The van der Waals surface area contributed by atoms with Crippen LogP contribution in [0.2, 0.25) is 0 Å². The Kier molecular flexibility index (Phi) is 4.35. The summed E-state index contributed by atoms with van der Waals surface area (Å²) in [5, 5.41) is 20.7. The van der Waals surface area contributed by atoms with Gasteiger partial charge in [-0.25, -0.2) is 0 Å². The molecule has 0 aliphatic rings. The molecule has 0 saturated heterocycles. The molecule has 2 heteroatoms. The van der Waals surface area contributed by atoms with Gasteiger partial charge in [-0.2, -0.15) is 0 Å². The van der Waals surface area contributed by atoms with E-state index in [-0.39, 0.29) is 5.92 Å². The number of rotatable bonds is 4. The maximum Gasteiger partial charge on any atom is 0.0843 e. The average molecular weight is 256 g/mol. The van der Waals surface area contributed by atoms with Gasteiger partial charge in [-0.1, -0.05) is 67.1 Å². The van der Waals surface area contributed by atoms with E-state index in [0.717, 1.165) is 16.7 Å². The third kappa shape index (κ3) is 3.22. The Balaban J connectivity index is 2.15. The molecule has 0 aliphatic heterocycles. The Hall–Kier alpha value is -1.64. The number of aryl methyl sites for hydroxylation is 1. The van der Waals surface area contributed by atoms with Crippen molar-refractivity contribution in [2.75, 3.05) is 0 Å². The number of aliphatic hydroxyl groups is 2. The Morgan fingerprint density at radius 1 is 0.737 bits per heavy atom.